The molecule has 0 aromatic heterocycles. The summed E-state index contributed by atoms with van der Waals surface area (Å²) in [6, 6.07) is 8.09. The largest absolute Gasteiger partial charge is 0.353 e. The molecule has 2 rings (SSSR count). The van der Waals surface area contributed by atoms with Crippen LogP contribution in [0.4, 0.5) is 0 Å². The summed E-state index contributed by atoms with van der Waals surface area (Å²) >= 11 is 0. The van der Waals surface area contributed by atoms with Gasteiger partial charge < -0.3 is 10.2 Å². The van der Waals surface area contributed by atoms with E-state index in [9.17, 15) is 9.59 Å². The predicted molar refractivity (Wildman–Crippen MR) is 83.1 cm³/mol. The highest BCUT2D eigenvalue weighted by Crippen LogP contribution is 2.24. The van der Waals surface area contributed by atoms with Gasteiger partial charge in [0.1, 0.15) is 0 Å². The maximum Gasteiger partial charge on any atom is 0.253 e. The van der Waals surface area contributed by atoms with Gasteiger partial charge in [0.05, 0.1) is 0 Å². The fourth-order valence-corrected chi connectivity index (χ4v) is 2.92. The summed E-state index contributed by atoms with van der Waals surface area (Å²) in [5.41, 5.74) is 1.83. The number of amides is 2. The normalized spacial score (nSPS) is 21.1. The Morgan fingerprint density at radius 1 is 1.33 bits per heavy atom. The molecule has 114 valence electrons. The molecular formula is C17H24N2O2. The van der Waals surface area contributed by atoms with Gasteiger partial charge in [-0.25, -0.2) is 0 Å². The van der Waals surface area contributed by atoms with E-state index < -0.39 is 0 Å². The molecule has 2 unspecified atom stereocenters. The van der Waals surface area contributed by atoms with Crippen LogP contribution in [0.5, 0.6) is 0 Å². The number of hydrogen-bond acceptors (Lipinski definition) is 2. The van der Waals surface area contributed by atoms with Gasteiger partial charge in [-0.15, -0.1) is 0 Å². The van der Waals surface area contributed by atoms with Gasteiger partial charge in [-0.2, -0.15) is 0 Å². The van der Waals surface area contributed by atoms with Crippen LogP contribution in [0.3, 0.4) is 0 Å². The van der Waals surface area contributed by atoms with E-state index in [1.54, 1.807) is 0 Å². The molecule has 2 atom stereocenters. The molecule has 4 heteroatoms. The van der Waals surface area contributed by atoms with Crippen LogP contribution >= 0.6 is 0 Å². The van der Waals surface area contributed by atoms with E-state index in [0.29, 0.717) is 6.42 Å². The third kappa shape index (κ3) is 3.84. The first-order chi connectivity index (χ1) is 10.0. The second-order valence-corrected chi connectivity index (χ2v) is 5.87. The molecule has 1 aromatic carbocycles. The molecule has 0 spiro atoms. The highest BCUT2D eigenvalue weighted by Gasteiger charge is 2.30. The van der Waals surface area contributed by atoms with Crippen molar-refractivity contribution in [2.45, 2.75) is 51.6 Å². The summed E-state index contributed by atoms with van der Waals surface area (Å²) in [7, 11) is 1.86. The molecular weight excluding hydrogens is 264 g/mol. The van der Waals surface area contributed by atoms with Gasteiger partial charge in [0.2, 0.25) is 5.91 Å². The summed E-state index contributed by atoms with van der Waals surface area (Å²) in [6.07, 6.45) is 3.25. The quantitative estimate of drug-likeness (QED) is 0.925. The molecule has 1 saturated carbocycles. The van der Waals surface area contributed by atoms with Crippen molar-refractivity contribution in [3.05, 3.63) is 35.4 Å². The minimum absolute atomic E-state index is 0.0613. The molecule has 1 aliphatic rings. The Labute approximate surface area is 126 Å². The molecule has 1 aliphatic carbocycles. The van der Waals surface area contributed by atoms with Crippen molar-refractivity contribution in [1.29, 1.82) is 0 Å². The Balaban J connectivity index is 1.96. The summed E-state index contributed by atoms with van der Waals surface area (Å²) in [5, 5.41) is 3.02. The summed E-state index contributed by atoms with van der Waals surface area (Å²) in [6.45, 7) is 3.85. The Hall–Kier alpha value is -1.84. The molecule has 0 heterocycles. The zero-order valence-corrected chi connectivity index (χ0v) is 13.1. The highest BCUT2D eigenvalue weighted by atomic mass is 16.2. The fraction of sp³-hybridized carbons (Fsp3) is 0.529. The second-order valence-electron chi connectivity index (χ2n) is 5.87. The molecule has 0 bridgehead atoms. The Morgan fingerprint density at radius 3 is 2.76 bits per heavy atom. The lowest BCUT2D eigenvalue weighted by atomic mass is 10.1. The van der Waals surface area contributed by atoms with Crippen molar-refractivity contribution in [2.24, 2.45) is 0 Å². The standard InChI is InChI=1S/C17H24N2O2/c1-4-16(20)18-14-8-9-15(11-14)19(3)17(21)13-7-5-6-12(2)10-13/h5-7,10,14-15H,4,8-9,11H2,1-3H3,(H,18,20). The van der Waals surface area contributed by atoms with Crippen LogP contribution in [0.1, 0.15) is 48.5 Å². The lowest BCUT2D eigenvalue weighted by Gasteiger charge is -2.25. The van der Waals surface area contributed by atoms with E-state index in [2.05, 4.69) is 5.32 Å². The van der Waals surface area contributed by atoms with Crippen molar-refractivity contribution in [2.75, 3.05) is 7.05 Å². The first-order valence-electron chi connectivity index (χ1n) is 7.64. The van der Waals surface area contributed by atoms with Gasteiger partial charge in [-0.1, -0.05) is 24.6 Å². The topological polar surface area (TPSA) is 49.4 Å². The zero-order chi connectivity index (χ0) is 15.4. The number of nitrogens with one attached hydrogen (secondary N) is 1. The van der Waals surface area contributed by atoms with E-state index in [1.165, 1.54) is 0 Å². The number of hydrogen-bond donors (Lipinski definition) is 1. The van der Waals surface area contributed by atoms with E-state index in [1.807, 2.05) is 50.1 Å². The predicted octanol–water partition coefficient (Wildman–Crippen LogP) is 2.51. The fourth-order valence-electron chi connectivity index (χ4n) is 2.92. The number of carbonyl (C=O) groups is 2. The van der Waals surface area contributed by atoms with Gasteiger partial charge in [-0.3, -0.25) is 9.59 Å². The Bertz CT molecular complexity index is 527. The van der Waals surface area contributed by atoms with Crippen molar-refractivity contribution in [3.63, 3.8) is 0 Å². The van der Waals surface area contributed by atoms with Crippen LogP contribution in [-0.2, 0) is 4.79 Å². The maximum absolute atomic E-state index is 12.5. The number of benzene rings is 1. The molecule has 21 heavy (non-hydrogen) atoms. The van der Waals surface area contributed by atoms with Crippen LogP contribution in [0.15, 0.2) is 24.3 Å². The molecule has 1 fully saturated rings. The first-order valence-corrected chi connectivity index (χ1v) is 7.64. The van der Waals surface area contributed by atoms with Crippen LogP contribution in [0.2, 0.25) is 0 Å². The molecule has 1 aromatic rings. The van der Waals surface area contributed by atoms with Crippen molar-refractivity contribution in [3.8, 4) is 0 Å². The summed E-state index contributed by atoms with van der Waals surface area (Å²) in [4.78, 5) is 25.8. The second kappa shape index (κ2) is 6.74. The van der Waals surface area contributed by atoms with Crippen LogP contribution in [0, 0.1) is 6.92 Å². The SMILES string of the molecule is CCC(=O)NC1CCC(N(C)C(=O)c2cccc(C)c2)C1. The van der Waals surface area contributed by atoms with Gasteiger partial charge in [0.15, 0.2) is 0 Å². The lowest BCUT2D eigenvalue weighted by Crippen LogP contribution is -2.38. The third-order valence-electron chi connectivity index (χ3n) is 4.22. The lowest BCUT2D eigenvalue weighted by molar-refractivity contribution is -0.121. The summed E-state index contributed by atoms with van der Waals surface area (Å²) < 4.78 is 0. The smallest absolute Gasteiger partial charge is 0.253 e. The van der Waals surface area contributed by atoms with E-state index in [4.69, 9.17) is 0 Å². The highest BCUT2D eigenvalue weighted by molar-refractivity contribution is 5.94. The zero-order valence-electron chi connectivity index (χ0n) is 13.1. The van der Waals surface area contributed by atoms with E-state index in [-0.39, 0.29) is 23.9 Å². The van der Waals surface area contributed by atoms with Crippen LogP contribution in [0.25, 0.3) is 0 Å². The van der Waals surface area contributed by atoms with Gasteiger partial charge in [0, 0.05) is 31.1 Å². The molecule has 0 aliphatic heterocycles. The molecule has 0 radical (unpaired) electrons. The molecule has 2 amide bonds. The van der Waals surface area contributed by atoms with E-state index >= 15 is 0 Å². The third-order valence-corrected chi connectivity index (χ3v) is 4.22. The van der Waals surface area contributed by atoms with Gasteiger partial charge >= 0.3 is 0 Å². The van der Waals surface area contributed by atoms with Gasteiger partial charge in [0.25, 0.3) is 5.91 Å². The number of rotatable bonds is 4. The van der Waals surface area contributed by atoms with Crippen molar-refractivity contribution < 1.29 is 9.59 Å². The van der Waals surface area contributed by atoms with Crippen molar-refractivity contribution >= 4 is 11.8 Å². The minimum Gasteiger partial charge on any atom is -0.353 e. The molecule has 0 saturated heterocycles. The van der Waals surface area contributed by atoms with Crippen LogP contribution in [-0.4, -0.2) is 35.8 Å². The number of carbonyl (C=O) groups excluding carboxylic acids is 2. The molecule has 1 N–H and O–H groups in total. The van der Waals surface area contributed by atoms with Gasteiger partial charge in [-0.05, 0) is 38.3 Å². The van der Waals surface area contributed by atoms with Crippen molar-refractivity contribution in [1.82, 2.24) is 10.2 Å². The van der Waals surface area contributed by atoms with Crippen LogP contribution < -0.4 is 5.32 Å². The maximum atomic E-state index is 12.5. The average Bonchev–Trinajstić information content (AvgIpc) is 2.94. The number of aryl methyl sites for hydroxylation is 1. The average molecular weight is 288 g/mol. The Kier molecular flexibility index (Phi) is 4.99. The first kappa shape index (κ1) is 15.5. The monoisotopic (exact) mass is 288 g/mol. The van der Waals surface area contributed by atoms with E-state index in [0.717, 1.165) is 30.4 Å². The minimum atomic E-state index is 0.0613. The summed E-state index contributed by atoms with van der Waals surface area (Å²) in [5.74, 6) is 0.152. The molecule has 4 nitrogen and oxygen atoms in total. The number of nitrogens with zero attached hydrogens (tertiary/aromatic N) is 1. The Morgan fingerprint density at radius 2 is 2.10 bits per heavy atom.